The lowest BCUT2D eigenvalue weighted by Crippen LogP contribution is -2.43. The minimum absolute atomic E-state index is 0.0142. The molecule has 150 valence electrons. The quantitative estimate of drug-likeness (QED) is 0.300. The van der Waals surface area contributed by atoms with E-state index in [1.807, 2.05) is 17.5 Å². The molecule has 0 unspecified atom stereocenters. The van der Waals surface area contributed by atoms with E-state index < -0.39 is 5.91 Å². The van der Waals surface area contributed by atoms with E-state index >= 15 is 0 Å². The largest absolute Gasteiger partial charge is 0.497 e. The number of hydrogen-bond acceptors (Lipinski definition) is 7. The summed E-state index contributed by atoms with van der Waals surface area (Å²) < 4.78 is 5.07. The van der Waals surface area contributed by atoms with E-state index in [1.165, 1.54) is 17.4 Å². The van der Waals surface area contributed by atoms with Gasteiger partial charge in [-0.1, -0.05) is 30.0 Å². The standard InChI is InChI=1S/C19H18N4O4S2/c1-27-13-6-4-12(5-7-13)9-17(25)22-23-18(26)11-29-19-20-14(10-16(24)21-19)15-3-2-8-28-15/h2-8,10H,9,11H2,1H3,(H,22,25)(H,23,26)(H,20,21,24). The molecule has 3 N–H and O–H groups in total. The number of nitrogens with one attached hydrogen (secondary N) is 3. The van der Waals surface area contributed by atoms with Gasteiger partial charge in [0.05, 0.1) is 29.9 Å². The molecule has 0 aliphatic rings. The van der Waals surface area contributed by atoms with Crippen LogP contribution in [0, 0.1) is 0 Å². The number of carbonyl (C=O) groups is 2. The first-order valence-corrected chi connectivity index (χ1v) is 10.4. The summed E-state index contributed by atoms with van der Waals surface area (Å²) in [6, 6.07) is 12.2. The summed E-state index contributed by atoms with van der Waals surface area (Å²) in [6.07, 6.45) is 0.120. The average Bonchev–Trinajstić information content (AvgIpc) is 3.26. The topological polar surface area (TPSA) is 113 Å². The van der Waals surface area contributed by atoms with Crippen LogP contribution in [0.5, 0.6) is 5.75 Å². The lowest BCUT2D eigenvalue weighted by atomic mass is 10.1. The Labute approximate surface area is 174 Å². The fraction of sp³-hybridized carbons (Fsp3) is 0.158. The number of hydrazine groups is 1. The van der Waals surface area contributed by atoms with Crippen molar-refractivity contribution >= 4 is 34.9 Å². The lowest BCUT2D eigenvalue weighted by molar-refractivity contribution is -0.127. The highest BCUT2D eigenvalue weighted by atomic mass is 32.2. The van der Waals surface area contributed by atoms with E-state index in [1.54, 1.807) is 31.4 Å². The number of thiophene rings is 1. The van der Waals surface area contributed by atoms with Crippen LogP contribution < -0.4 is 21.1 Å². The SMILES string of the molecule is COc1ccc(CC(=O)NNC(=O)CSc2nc(-c3cccs3)cc(=O)[nH]2)cc1. The number of H-pyrrole nitrogens is 1. The van der Waals surface area contributed by atoms with Gasteiger partial charge in [0.2, 0.25) is 11.8 Å². The Balaban J connectivity index is 1.47. The van der Waals surface area contributed by atoms with Crippen LogP contribution in [0.4, 0.5) is 0 Å². The van der Waals surface area contributed by atoms with Gasteiger partial charge in [0.25, 0.3) is 5.56 Å². The number of aromatic amines is 1. The molecule has 0 aliphatic carbocycles. The van der Waals surface area contributed by atoms with E-state index in [2.05, 4.69) is 20.8 Å². The maximum Gasteiger partial charge on any atom is 0.252 e. The zero-order chi connectivity index (χ0) is 20.6. The second-order valence-electron chi connectivity index (χ2n) is 5.82. The number of amides is 2. The molecule has 0 radical (unpaired) electrons. The monoisotopic (exact) mass is 430 g/mol. The van der Waals surface area contributed by atoms with Crippen LogP contribution in [-0.4, -0.2) is 34.6 Å². The number of thioether (sulfide) groups is 1. The minimum Gasteiger partial charge on any atom is -0.497 e. The van der Waals surface area contributed by atoms with Crippen molar-refractivity contribution in [2.45, 2.75) is 11.6 Å². The van der Waals surface area contributed by atoms with Crippen molar-refractivity contribution in [2.24, 2.45) is 0 Å². The van der Waals surface area contributed by atoms with Gasteiger partial charge >= 0.3 is 0 Å². The van der Waals surface area contributed by atoms with Crippen LogP contribution in [0.1, 0.15) is 5.56 Å². The molecular formula is C19H18N4O4S2. The summed E-state index contributed by atoms with van der Waals surface area (Å²) in [5.74, 6) is -0.0732. The van der Waals surface area contributed by atoms with Crippen LogP contribution >= 0.6 is 23.1 Å². The van der Waals surface area contributed by atoms with Gasteiger partial charge in [-0.25, -0.2) is 4.98 Å². The normalized spacial score (nSPS) is 10.4. The zero-order valence-electron chi connectivity index (χ0n) is 15.4. The van der Waals surface area contributed by atoms with Gasteiger partial charge in [-0.3, -0.25) is 25.2 Å². The highest BCUT2D eigenvalue weighted by Crippen LogP contribution is 2.23. The van der Waals surface area contributed by atoms with Crippen LogP contribution in [0.3, 0.4) is 0 Å². The van der Waals surface area contributed by atoms with E-state index in [0.717, 1.165) is 22.2 Å². The second-order valence-corrected chi connectivity index (χ2v) is 7.73. The molecule has 8 nitrogen and oxygen atoms in total. The van der Waals surface area contributed by atoms with Crippen molar-refractivity contribution in [3.05, 3.63) is 63.8 Å². The third-order valence-electron chi connectivity index (χ3n) is 3.70. The van der Waals surface area contributed by atoms with Crippen LogP contribution in [0.2, 0.25) is 0 Å². The predicted molar refractivity (Wildman–Crippen MR) is 112 cm³/mol. The van der Waals surface area contributed by atoms with E-state index in [-0.39, 0.29) is 23.6 Å². The van der Waals surface area contributed by atoms with Gasteiger partial charge in [-0.05, 0) is 29.1 Å². The molecule has 0 fully saturated rings. The summed E-state index contributed by atoms with van der Waals surface area (Å²) in [5.41, 5.74) is 5.77. The van der Waals surface area contributed by atoms with E-state index in [9.17, 15) is 14.4 Å². The predicted octanol–water partition coefficient (Wildman–Crippen LogP) is 1.99. The molecular weight excluding hydrogens is 412 g/mol. The molecule has 10 heteroatoms. The summed E-state index contributed by atoms with van der Waals surface area (Å²) in [6.45, 7) is 0. The highest BCUT2D eigenvalue weighted by molar-refractivity contribution is 7.99. The molecule has 0 spiro atoms. The Morgan fingerprint density at radius 3 is 2.62 bits per heavy atom. The van der Waals surface area contributed by atoms with Gasteiger partial charge in [-0.15, -0.1) is 11.3 Å². The number of methoxy groups -OCH3 is 1. The number of aromatic nitrogens is 2. The minimum atomic E-state index is -0.415. The maximum atomic E-state index is 12.0. The van der Waals surface area contributed by atoms with E-state index in [0.29, 0.717) is 16.6 Å². The number of hydrogen-bond donors (Lipinski definition) is 3. The molecule has 2 aromatic heterocycles. The van der Waals surface area contributed by atoms with Gasteiger partial charge in [-0.2, -0.15) is 0 Å². The molecule has 0 saturated carbocycles. The van der Waals surface area contributed by atoms with Crippen LogP contribution in [0.15, 0.2) is 57.8 Å². The Morgan fingerprint density at radius 2 is 1.93 bits per heavy atom. The molecule has 0 bridgehead atoms. The molecule has 2 amide bonds. The van der Waals surface area contributed by atoms with Crippen molar-refractivity contribution in [2.75, 3.05) is 12.9 Å². The van der Waals surface area contributed by atoms with Crippen molar-refractivity contribution in [3.63, 3.8) is 0 Å². The Hall–Kier alpha value is -3.11. The first-order chi connectivity index (χ1) is 14.0. The Kier molecular flexibility index (Phi) is 7.04. The molecule has 0 atom stereocenters. The van der Waals surface area contributed by atoms with Crippen molar-refractivity contribution in [1.82, 2.24) is 20.8 Å². The molecule has 3 aromatic rings. The molecule has 2 heterocycles. The van der Waals surface area contributed by atoms with Gasteiger partial charge < -0.3 is 9.72 Å². The summed E-state index contributed by atoms with van der Waals surface area (Å²) in [4.78, 5) is 43.5. The van der Waals surface area contributed by atoms with Gasteiger partial charge in [0.1, 0.15) is 5.75 Å². The average molecular weight is 431 g/mol. The number of rotatable bonds is 7. The third kappa shape index (κ3) is 6.19. The van der Waals surface area contributed by atoms with Gasteiger partial charge in [0.15, 0.2) is 5.16 Å². The highest BCUT2D eigenvalue weighted by Gasteiger charge is 2.10. The molecule has 0 saturated heterocycles. The first-order valence-electron chi connectivity index (χ1n) is 8.52. The molecule has 3 rings (SSSR count). The Morgan fingerprint density at radius 1 is 1.17 bits per heavy atom. The summed E-state index contributed by atoms with van der Waals surface area (Å²) >= 11 is 2.55. The summed E-state index contributed by atoms with van der Waals surface area (Å²) in [7, 11) is 1.57. The summed E-state index contributed by atoms with van der Waals surface area (Å²) in [5, 5.41) is 2.23. The molecule has 1 aromatic carbocycles. The number of benzene rings is 1. The first kappa shape index (κ1) is 20.6. The zero-order valence-corrected chi connectivity index (χ0v) is 17.1. The molecule has 29 heavy (non-hydrogen) atoms. The van der Waals surface area contributed by atoms with Crippen molar-refractivity contribution in [1.29, 1.82) is 0 Å². The maximum absolute atomic E-state index is 12.0. The fourth-order valence-electron chi connectivity index (χ4n) is 2.34. The Bertz CT molecular complexity index is 1030. The smallest absolute Gasteiger partial charge is 0.252 e. The second kappa shape index (κ2) is 9.89. The number of nitrogens with zero attached hydrogens (tertiary/aromatic N) is 1. The van der Waals surface area contributed by atoms with Crippen molar-refractivity contribution in [3.8, 4) is 16.3 Å². The van der Waals surface area contributed by atoms with Gasteiger partial charge in [0, 0.05) is 6.07 Å². The third-order valence-corrected chi connectivity index (χ3v) is 5.46. The number of carbonyl (C=O) groups excluding carboxylic acids is 2. The van der Waals surface area contributed by atoms with E-state index in [4.69, 9.17) is 4.74 Å². The molecule has 0 aliphatic heterocycles. The van der Waals surface area contributed by atoms with Crippen LogP contribution in [0.25, 0.3) is 10.6 Å². The lowest BCUT2D eigenvalue weighted by Gasteiger charge is -2.08. The van der Waals surface area contributed by atoms with Crippen molar-refractivity contribution < 1.29 is 14.3 Å². The van der Waals surface area contributed by atoms with Crippen LogP contribution in [-0.2, 0) is 16.0 Å². The number of ether oxygens (including phenoxy) is 1. The fourth-order valence-corrected chi connectivity index (χ4v) is 3.70.